The van der Waals surface area contributed by atoms with Crippen molar-refractivity contribution in [1.82, 2.24) is 0 Å². The second kappa shape index (κ2) is 2.13. The van der Waals surface area contributed by atoms with E-state index in [0.29, 0.717) is 12.3 Å². The number of carbonyl (C=O) groups is 1. The summed E-state index contributed by atoms with van der Waals surface area (Å²) in [5, 5.41) is 0. The minimum Gasteiger partial charge on any atom is -0.457 e. The number of ether oxygens (including phenoxy) is 1. The molecule has 1 spiro atoms. The number of carbonyl (C=O) groups excluding carboxylic acids is 1. The van der Waals surface area contributed by atoms with E-state index in [1.807, 2.05) is 18.2 Å². The summed E-state index contributed by atoms with van der Waals surface area (Å²) < 4.78 is 5.23. The SMILES string of the molecule is O=C1C[C@]23C=CC=C[C@@H]2C=C[C@@H]3O1. The van der Waals surface area contributed by atoms with Crippen molar-refractivity contribution in [2.45, 2.75) is 12.5 Å². The number of rotatable bonds is 0. The van der Waals surface area contributed by atoms with Crippen molar-refractivity contribution in [1.29, 1.82) is 0 Å². The standard InChI is InChI=1S/C11H10O2/c12-10-7-11-6-2-1-3-8(11)4-5-9(11)13-10/h1-6,8-9H,7H2/t8-,9+,11-/m1/s1. The summed E-state index contributed by atoms with van der Waals surface area (Å²) in [7, 11) is 0. The first-order chi connectivity index (χ1) is 6.31. The van der Waals surface area contributed by atoms with Crippen LogP contribution in [0.25, 0.3) is 0 Å². The van der Waals surface area contributed by atoms with E-state index in [9.17, 15) is 4.79 Å². The van der Waals surface area contributed by atoms with Crippen molar-refractivity contribution in [2.75, 3.05) is 0 Å². The van der Waals surface area contributed by atoms with Gasteiger partial charge < -0.3 is 4.74 Å². The molecule has 0 aromatic carbocycles. The maximum absolute atomic E-state index is 11.2. The number of hydrogen-bond donors (Lipinski definition) is 0. The molecule has 2 aliphatic carbocycles. The Morgan fingerprint density at radius 1 is 1.31 bits per heavy atom. The maximum Gasteiger partial charge on any atom is 0.307 e. The Kier molecular flexibility index (Phi) is 1.17. The molecule has 0 bridgehead atoms. The van der Waals surface area contributed by atoms with Gasteiger partial charge in [0.25, 0.3) is 0 Å². The molecular weight excluding hydrogens is 164 g/mol. The van der Waals surface area contributed by atoms with Gasteiger partial charge in [-0.1, -0.05) is 30.4 Å². The van der Waals surface area contributed by atoms with Crippen molar-refractivity contribution in [3.05, 3.63) is 36.5 Å². The van der Waals surface area contributed by atoms with E-state index in [0.717, 1.165) is 0 Å². The van der Waals surface area contributed by atoms with E-state index in [4.69, 9.17) is 4.74 Å². The molecule has 13 heavy (non-hydrogen) atoms. The van der Waals surface area contributed by atoms with Crippen LogP contribution in [0, 0.1) is 11.3 Å². The lowest BCUT2D eigenvalue weighted by Gasteiger charge is -2.29. The fourth-order valence-electron chi connectivity index (χ4n) is 2.50. The fraction of sp³-hybridized carbons (Fsp3) is 0.364. The molecule has 3 rings (SSSR count). The lowest BCUT2D eigenvalue weighted by molar-refractivity contribution is -0.140. The van der Waals surface area contributed by atoms with Crippen molar-refractivity contribution in [3.63, 3.8) is 0 Å². The Bertz CT molecular complexity index is 351. The predicted octanol–water partition coefficient (Wildman–Crippen LogP) is 1.60. The second-order valence-electron chi connectivity index (χ2n) is 3.85. The largest absolute Gasteiger partial charge is 0.457 e. The van der Waals surface area contributed by atoms with Crippen LogP contribution in [-0.2, 0) is 9.53 Å². The van der Waals surface area contributed by atoms with Crippen molar-refractivity contribution in [3.8, 4) is 0 Å². The van der Waals surface area contributed by atoms with Gasteiger partial charge in [0.05, 0.1) is 6.42 Å². The van der Waals surface area contributed by atoms with Gasteiger partial charge in [0, 0.05) is 11.3 Å². The number of esters is 1. The van der Waals surface area contributed by atoms with Crippen molar-refractivity contribution < 1.29 is 9.53 Å². The summed E-state index contributed by atoms with van der Waals surface area (Å²) in [6, 6.07) is 0. The highest BCUT2D eigenvalue weighted by atomic mass is 16.6. The molecule has 1 aliphatic heterocycles. The molecule has 1 saturated heterocycles. The maximum atomic E-state index is 11.2. The van der Waals surface area contributed by atoms with Crippen LogP contribution in [0.3, 0.4) is 0 Å². The Morgan fingerprint density at radius 3 is 3.15 bits per heavy atom. The van der Waals surface area contributed by atoms with Crippen LogP contribution in [0.4, 0.5) is 0 Å². The van der Waals surface area contributed by atoms with Crippen LogP contribution in [0.1, 0.15) is 6.42 Å². The summed E-state index contributed by atoms with van der Waals surface area (Å²) >= 11 is 0. The second-order valence-corrected chi connectivity index (χ2v) is 3.85. The molecule has 1 heterocycles. The molecule has 2 heteroatoms. The Balaban J connectivity index is 2.09. The highest BCUT2D eigenvalue weighted by molar-refractivity contribution is 5.75. The lowest BCUT2D eigenvalue weighted by Crippen LogP contribution is -2.30. The predicted molar refractivity (Wildman–Crippen MR) is 47.8 cm³/mol. The third-order valence-electron chi connectivity index (χ3n) is 3.19. The minimum absolute atomic E-state index is 0.0220. The van der Waals surface area contributed by atoms with Crippen molar-refractivity contribution in [2.24, 2.45) is 11.3 Å². The van der Waals surface area contributed by atoms with Gasteiger partial charge in [0.2, 0.25) is 0 Å². The molecule has 0 N–H and O–H groups in total. The molecule has 1 fully saturated rings. The highest BCUT2D eigenvalue weighted by Gasteiger charge is 2.53. The summed E-state index contributed by atoms with van der Waals surface area (Å²) in [6.07, 6.45) is 12.9. The molecule has 2 nitrogen and oxygen atoms in total. The van der Waals surface area contributed by atoms with Crippen LogP contribution >= 0.6 is 0 Å². The molecule has 3 atom stereocenters. The normalized spacial score (nSPS) is 44.8. The molecule has 0 aromatic rings. The van der Waals surface area contributed by atoms with E-state index in [2.05, 4.69) is 18.2 Å². The first-order valence-corrected chi connectivity index (χ1v) is 4.55. The van der Waals surface area contributed by atoms with Crippen LogP contribution in [0.5, 0.6) is 0 Å². The van der Waals surface area contributed by atoms with Crippen LogP contribution in [-0.4, -0.2) is 12.1 Å². The topological polar surface area (TPSA) is 26.3 Å². The monoisotopic (exact) mass is 174 g/mol. The average molecular weight is 174 g/mol. The van der Waals surface area contributed by atoms with Gasteiger partial charge in [-0.3, -0.25) is 4.79 Å². The van der Waals surface area contributed by atoms with Crippen molar-refractivity contribution >= 4 is 5.97 Å². The zero-order valence-corrected chi connectivity index (χ0v) is 7.14. The summed E-state index contributed by atoms with van der Waals surface area (Å²) in [5.74, 6) is 0.285. The van der Waals surface area contributed by atoms with Crippen LogP contribution < -0.4 is 0 Å². The van der Waals surface area contributed by atoms with Gasteiger partial charge in [-0.05, 0) is 6.08 Å². The van der Waals surface area contributed by atoms with Gasteiger partial charge in [-0.15, -0.1) is 0 Å². The molecule has 0 aromatic heterocycles. The van der Waals surface area contributed by atoms with Gasteiger partial charge in [0.1, 0.15) is 6.10 Å². The summed E-state index contributed by atoms with van der Waals surface area (Å²) in [6.45, 7) is 0. The van der Waals surface area contributed by atoms with E-state index in [-0.39, 0.29) is 17.5 Å². The van der Waals surface area contributed by atoms with Gasteiger partial charge in [-0.2, -0.15) is 0 Å². The third kappa shape index (κ3) is 0.755. The molecule has 0 saturated carbocycles. The molecule has 3 aliphatic rings. The molecule has 0 unspecified atom stereocenters. The quantitative estimate of drug-likeness (QED) is 0.412. The molecule has 0 amide bonds. The number of allylic oxidation sites excluding steroid dienone is 4. The zero-order chi connectivity index (χ0) is 8.89. The summed E-state index contributed by atoms with van der Waals surface area (Å²) in [4.78, 5) is 11.2. The van der Waals surface area contributed by atoms with E-state index >= 15 is 0 Å². The first kappa shape index (κ1) is 7.13. The lowest BCUT2D eigenvalue weighted by atomic mass is 9.72. The molecule has 66 valence electrons. The average Bonchev–Trinajstić information content (AvgIpc) is 2.57. The van der Waals surface area contributed by atoms with Crippen LogP contribution in [0.15, 0.2) is 36.5 Å². The highest BCUT2D eigenvalue weighted by Crippen LogP contribution is 2.50. The molecular formula is C11H10O2. The fourth-order valence-corrected chi connectivity index (χ4v) is 2.50. The van der Waals surface area contributed by atoms with E-state index in [1.54, 1.807) is 0 Å². The third-order valence-corrected chi connectivity index (χ3v) is 3.19. The van der Waals surface area contributed by atoms with Gasteiger partial charge >= 0.3 is 5.97 Å². The van der Waals surface area contributed by atoms with E-state index in [1.165, 1.54) is 0 Å². The zero-order valence-electron chi connectivity index (χ0n) is 7.14. The molecule has 0 radical (unpaired) electrons. The van der Waals surface area contributed by atoms with Crippen LogP contribution in [0.2, 0.25) is 0 Å². The first-order valence-electron chi connectivity index (χ1n) is 4.55. The Hall–Kier alpha value is -1.31. The summed E-state index contributed by atoms with van der Waals surface area (Å²) in [5.41, 5.74) is -0.0775. The van der Waals surface area contributed by atoms with E-state index < -0.39 is 0 Å². The Morgan fingerprint density at radius 2 is 2.23 bits per heavy atom. The smallest absolute Gasteiger partial charge is 0.307 e. The van der Waals surface area contributed by atoms with Gasteiger partial charge in [-0.25, -0.2) is 0 Å². The minimum atomic E-state index is -0.0775. The Labute approximate surface area is 76.6 Å². The van der Waals surface area contributed by atoms with Gasteiger partial charge in [0.15, 0.2) is 0 Å². The number of hydrogen-bond acceptors (Lipinski definition) is 2.